The lowest BCUT2D eigenvalue weighted by Gasteiger charge is -2.35. The van der Waals surface area contributed by atoms with Crippen LogP contribution in [0, 0.1) is 23.4 Å². The van der Waals surface area contributed by atoms with Gasteiger partial charge in [-0.25, -0.2) is 13.8 Å². The highest BCUT2D eigenvalue weighted by Gasteiger charge is 2.45. The van der Waals surface area contributed by atoms with Crippen molar-refractivity contribution in [1.82, 2.24) is 25.2 Å². The molecule has 0 spiro atoms. The lowest BCUT2D eigenvalue weighted by atomic mass is 9.95. The fraction of sp³-hybridized carbons (Fsp3) is 0.424. The van der Waals surface area contributed by atoms with Gasteiger partial charge in [0.05, 0.1) is 16.5 Å². The summed E-state index contributed by atoms with van der Waals surface area (Å²) in [5.41, 5.74) is 0.0125. The van der Waals surface area contributed by atoms with Crippen LogP contribution in [0.15, 0.2) is 24.3 Å². The summed E-state index contributed by atoms with van der Waals surface area (Å²) in [6, 6.07) is 6.33. The van der Waals surface area contributed by atoms with Crippen LogP contribution in [0.25, 0.3) is 32.9 Å². The molecule has 0 saturated carbocycles. The van der Waals surface area contributed by atoms with Crippen molar-refractivity contribution in [1.29, 1.82) is 0 Å². The van der Waals surface area contributed by atoms with Gasteiger partial charge in [-0.1, -0.05) is 23.6 Å². The molecule has 45 heavy (non-hydrogen) atoms. The van der Waals surface area contributed by atoms with Crippen molar-refractivity contribution in [2.75, 3.05) is 37.7 Å². The minimum absolute atomic E-state index is 0.0150. The van der Waals surface area contributed by atoms with Crippen LogP contribution in [0.1, 0.15) is 44.1 Å². The zero-order valence-electron chi connectivity index (χ0n) is 25.0. The SMILES string of the molecule is BC#Cc1c(F)ccc2cc(O)cc(-c3nc(Cl)c4c(N5CC6CCC(C5)N6)nc(OCC56CCCN5CCC6)nc4c3F)c12. The lowest BCUT2D eigenvalue weighted by molar-refractivity contribution is 0.108. The second kappa shape index (κ2) is 11.0. The Morgan fingerprint density at radius 1 is 1.07 bits per heavy atom. The van der Waals surface area contributed by atoms with Crippen molar-refractivity contribution < 1.29 is 18.6 Å². The van der Waals surface area contributed by atoms with Gasteiger partial charge in [-0.2, -0.15) is 15.8 Å². The van der Waals surface area contributed by atoms with Crippen molar-refractivity contribution in [3.05, 3.63) is 46.6 Å². The number of piperazine rings is 1. The number of ether oxygens (including phenoxy) is 1. The average molecular weight is 629 g/mol. The van der Waals surface area contributed by atoms with Crippen molar-refractivity contribution in [3.63, 3.8) is 0 Å². The molecule has 2 N–H and O–H groups in total. The van der Waals surface area contributed by atoms with Gasteiger partial charge >= 0.3 is 6.01 Å². The second-order valence-corrected chi connectivity index (χ2v) is 13.1. The molecule has 2 aromatic heterocycles. The summed E-state index contributed by atoms with van der Waals surface area (Å²) in [5, 5.41) is 15.4. The van der Waals surface area contributed by atoms with Gasteiger partial charge in [0.25, 0.3) is 0 Å². The van der Waals surface area contributed by atoms with Crippen LogP contribution >= 0.6 is 11.6 Å². The highest BCUT2D eigenvalue weighted by atomic mass is 35.5. The van der Waals surface area contributed by atoms with Crippen molar-refractivity contribution >= 4 is 46.9 Å². The zero-order valence-corrected chi connectivity index (χ0v) is 25.7. The van der Waals surface area contributed by atoms with E-state index in [9.17, 15) is 5.11 Å². The van der Waals surface area contributed by atoms with Crippen molar-refractivity contribution in [2.24, 2.45) is 0 Å². The number of pyridine rings is 1. The van der Waals surface area contributed by atoms with Gasteiger partial charge in [0.2, 0.25) is 0 Å². The maximum absolute atomic E-state index is 16.9. The first kappa shape index (κ1) is 28.7. The summed E-state index contributed by atoms with van der Waals surface area (Å²) >= 11 is 6.91. The molecule has 0 amide bonds. The highest BCUT2D eigenvalue weighted by molar-refractivity contribution is 6.35. The Labute approximate surface area is 265 Å². The summed E-state index contributed by atoms with van der Waals surface area (Å²) < 4.78 is 38.4. The van der Waals surface area contributed by atoms with Gasteiger partial charge < -0.3 is 20.1 Å². The minimum Gasteiger partial charge on any atom is -0.508 e. The van der Waals surface area contributed by atoms with E-state index in [-0.39, 0.29) is 44.8 Å². The monoisotopic (exact) mass is 628 g/mol. The highest BCUT2D eigenvalue weighted by Crippen LogP contribution is 2.43. The number of halogens is 3. The van der Waals surface area contributed by atoms with Gasteiger partial charge in [0.1, 0.15) is 40.4 Å². The Morgan fingerprint density at radius 2 is 1.82 bits per heavy atom. The van der Waals surface area contributed by atoms with Gasteiger partial charge in [-0.15, -0.1) is 0 Å². The van der Waals surface area contributed by atoms with E-state index in [4.69, 9.17) is 21.3 Å². The number of aromatic nitrogens is 3. The number of aromatic hydroxyl groups is 1. The maximum Gasteiger partial charge on any atom is 0.319 e. The number of phenols is 1. The fourth-order valence-electron chi connectivity index (χ4n) is 8.05. The smallest absolute Gasteiger partial charge is 0.319 e. The first-order chi connectivity index (χ1) is 21.8. The number of hydrogen-bond acceptors (Lipinski definition) is 8. The number of nitrogens with one attached hydrogen (secondary N) is 1. The molecule has 230 valence electrons. The number of anilines is 1. The predicted octanol–water partition coefficient (Wildman–Crippen LogP) is 4.37. The summed E-state index contributed by atoms with van der Waals surface area (Å²) in [6.45, 7) is 3.91. The Kier molecular flexibility index (Phi) is 7.01. The van der Waals surface area contributed by atoms with E-state index >= 15 is 8.78 Å². The third-order valence-corrected chi connectivity index (χ3v) is 10.3. The largest absolute Gasteiger partial charge is 0.508 e. The van der Waals surface area contributed by atoms with Crippen LogP contribution in [-0.2, 0) is 0 Å². The Bertz CT molecular complexity index is 1910. The summed E-state index contributed by atoms with van der Waals surface area (Å²) in [6.07, 6.45) is 6.46. The summed E-state index contributed by atoms with van der Waals surface area (Å²) in [4.78, 5) is 18.6. The topological polar surface area (TPSA) is 86.6 Å². The molecule has 8 nitrogen and oxygen atoms in total. The van der Waals surface area contributed by atoms with E-state index in [0.29, 0.717) is 53.8 Å². The fourth-order valence-corrected chi connectivity index (χ4v) is 8.31. The first-order valence-electron chi connectivity index (χ1n) is 15.7. The molecule has 2 aromatic carbocycles. The number of hydrogen-bond donors (Lipinski definition) is 2. The van der Waals surface area contributed by atoms with E-state index in [2.05, 4.69) is 36.8 Å². The van der Waals surface area contributed by atoms with E-state index in [1.54, 1.807) is 7.85 Å². The Morgan fingerprint density at radius 3 is 2.56 bits per heavy atom. The number of rotatable bonds is 5. The van der Waals surface area contributed by atoms with Crippen molar-refractivity contribution in [3.8, 4) is 34.8 Å². The first-order valence-corrected chi connectivity index (χ1v) is 16.1. The van der Waals surface area contributed by atoms with Crippen LogP contribution in [0.5, 0.6) is 11.8 Å². The molecule has 2 atom stereocenters. The quantitative estimate of drug-likeness (QED) is 0.192. The molecule has 4 saturated heterocycles. The van der Waals surface area contributed by atoms with Crippen molar-refractivity contribution in [2.45, 2.75) is 56.1 Å². The molecular weight excluding hydrogens is 597 g/mol. The van der Waals surface area contributed by atoms with Crippen LogP contribution in [0.4, 0.5) is 14.6 Å². The average Bonchev–Trinajstić information content (AvgIpc) is 3.72. The molecule has 4 aliphatic heterocycles. The molecule has 6 heterocycles. The number of fused-ring (bicyclic) bond motifs is 5. The Hall–Kier alpha value is -3.72. The van der Waals surface area contributed by atoms with E-state index in [1.165, 1.54) is 24.3 Å². The summed E-state index contributed by atoms with van der Waals surface area (Å²) in [5.74, 6) is 4.59. The molecule has 0 radical (unpaired) electrons. The van der Waals surface area contributed by atoms with Crippen LogP contribution in [-0.4, -0.2) is 83.2 Å². The predicted molar refractivity (Wildman–Crippen MR) is 173 cm³/mol. The van der Waals surface area contributed by atoms with Gasteiger partial charge in [-0.3, -0.25) is 4.90 Å². The van der Waals surface area contributed by atoms with Gasteiger partial charge in [-0.05, 0) is 75.2 Å². The van der Waals surface area contributed by atoms with Gasteiger partial charge in [0.15, 0.2) is 13.7 Å². The minimum atomic E-state index is -0.755. The molecule has 4 aliphatic rings. The molecular formula is C33H32BClF2N6O2. The molecule has 12 heteroatoms. The lowest BCUT2D eigenvalue weighted by Crippen LogP contribution is -2.51. The third-order valence-electron chi connectivity index (χ3n) is 10.1. The van der Waals surface area contributed by atoms with Crippen LogP contribution in [0.3, 0.4) is 0 Å². The van der Waals surface area contributed by atoms with E-state index < -0.39 is 11.6 Å². The molecule has 4 fully saturated rings. The van der Waals surface area contributed by atoms with Crippen LogP contribution in [0.2, 0.25) is 5.15 Å². The summed E-state index contributed by atoms with van der Waals surface area (Å²) in [7, 11) is 1.60. The molecule has 8 rings (SSSR count). The standard InChI is InChI=1S/C33H32BClF2N6O2/c34-10-7-22-24(36)6-3-18-13-21(44)14-23(25(18)22)28-27(37)29-26(30(35)39-28)31(42-15-19-4-5-20(16-42)38-19)41-32(40-29)45-17-33-8-1-11-43(33)12-2-9-33/h3,6,13-14,19-20,38,44H,1-2,4-5,8-9,11-12,15-17,34H2. The normalized spacial score (nSPS) is 22.2. The van der Waals surface area contributed by atoms with Crippen LogP contribution < -0.4 is 15.0 Å². The number of benzene rings is 2. The zero-order chi connectivity index (χ0) is 30.9. The molecule has 4 aromatic rings. The van der Waals surface area contributed by atoms with E-state index in [1.807, 2.05) is 0 Å². The third kappa shape index (κ3) is 4.77. The molecule has 2 bridgehead atoms. The van der Waals surface area contributed by atoms with Gasteiger partial charge in [0, 0.05) is 36.1 Å². The molecule has 0 aliphatic carbocycles. The van der Waals surface area contributed by atoms with E-state index in [0.717, 1.165) is 51.6 Å². The maximum atomic E-state index is 16.9. The Balaban J connectivity index is 1.32. The second-order valence-electron chi connectivity index (χ2n) is 12.8. The molecule has 2 unspecified atom stereocenters. The number of phenolic OH excluding ortho intramolecular Hbond substituents is 1. The number of nitrogens with zero attached hydrogens (tertiary/aromatic N) is 5.